The van der Waals surface area contributed by atoms with Crippen LogP contribution in [0.3, 0.4) is 0 Å². The SMILES string of the molecule is COCc1cc(COc2ccc(C)nc2CO)no1. The van der Waals surface area contributed by atoms with Crippen molar-refractivity contribution in [3.05, 3.63) is 41.0 Å². The van der Waals surface area contributed by atoms with E-state index in [1.807, 2.05) is 13.0 Å². The monoisotopic (exact) mass is 264 g/mol. The summed E-state index contributed by atoms with van der Waals surface area (Å²) in [5.74, 6) is 1.19. The van der Waals surface area contributed by atoms with Gasteiger partial charge >= 0.3 is 0 Å². The number of ether oxygens (including phenoxy) is 2. The molecule has 0 saturated carbocycles. The molecule has 6 heteroatoms. The quantitative estimate of drug-likeness (QED) is 0.853. The number of aryl methyl sites for hydroxylation is 1. The molecule has 19 heavy (non-hydrogen) atoms. The Morgan fingerprint density at radius 1 is 1.32 bits per heavy atom. The predicted octanol–water partition coefficient (Wildman–Crippen LogP) is 1.60. The molecule has 0 radical (unpaired) electrons. The third-order valence-electron chi connectivity index (χ3n) is 2.49. The predicted molar refractivity (Wildman–Crippen MR) is 66.4 cm³/mol. The van der Waals surface area contributed by atoms with Crippen LogP contribution in [-0.2, 0) is 24.6 Å². The molecule has 0 aliphatic carbocycles. The van der Waals surface area contributed by atoms with Gasteiger partial charge in [-0.05, 0) is 19.1 Å². The van der Waals surface area contributed by atoms with Crippen molar-refractivity contribution in [1.82, 2.24) is 10.1 Å². The molecule has 0 atom stereocenters. The zero-order chi connectivity index (χ0) is 13.7. The van der Waals surface area contributed by atoms with Gasteiger partial charge in [0.15, 0.2) is 5.76 Å². The van der Waals surface area contributed by atoms with Crippen LogP contribution in [0.2, 0.25) is 0 Å². The molecule has 2 heterocycles. The van der Waals surface area contributed by atoms with Gasteiger partial charge in [-0.3, -0.25) is 4.98 Å². The van der Waals surface area contributed by atoms with E-state index in [2.05, 4.69) is 10.1 Å². The van der Waals surface area contributed by atoms with E-state index in [1.165, 1.54) is 0 Å². The highest BCUT2D eigenvalue weighted by Crippen LogP contribution is 2.18. The molecule has 0 amide bonds. The minimum Gasteiger partial charge on any atom is -0.485 e. The van der Waals surface area contributed by atoms with E-state index in [9.17, 15) is 5.11 Å². The van der Waals surface area contributed by atoms with E-state index in [0.717, 1.165) is 5.69 Å². The van der Waals surface area contributed by atoms with E-state index in [0.29, 0.717) is 29.5 Å². The molecule has 0 aliphatic rings. The van der Waals surface area contributed by atoms with Crippen LogP contribution in [-0.4, -0.2) is 22.4 Å². The van der Waals surface area contributed by atoms with Crippen molar-refractivity contribution in [1.29, 1.82) is 0 Å². The number of pyridine rings is 1. The van der Waals surface area contributed by atoms with Crippen LogP contribution in [0.4, 0.5) is 0 Å². The average molecular weight is 264 g/mol. The van der Waals surface area contributed by atoms with E-state index < -0.39 is 0 Å². The summed E-state index contributed by atoms with van der Waals surface area (Å²) in [6, 6.07) is 5.38. The van der Waals surface area contributed by atoms with E-state index in [-0.39, 0.29) is 13.2 Å². The smallest absolute Gasteiger partial charge is 0.162 e. The normalized spacial score (nSPS) is 10.7. The lowest BCUT2D eigenvalue weighted by Gasteiger charge is -2.08. The van der Waals surface area contributed by atoms with Gasteiger partial charge < -0.3 is 19.1 Å². The number of hydrogen-bond donors (Lipinski definition) is 1. The lowest BCUT2D eigenvalue weighted by Crippen LogP contribution is -2.01. The van der Waals surface area contributed by atoms with Gasteiger partial charge in [-0.2, -0.15) is 0 Å². The Hall–Kier alpha value is -1.92. The van der Waals surface area contributed by atoms with E-state index >= 15 is 0 Å². The molecule has 0 unspecified atom stereocenters. The van der Waals surface area contributed by atoms with Crippen molar-refractivity contribution in [2.24, 2.45) is 0 Å². The summed E-state index contributed by atoms with van der Waals surface area (Å²) < 4.78 is 15.6. The fourth-order valence-corrected chi connectivity index (χ4v) is 1.63. The second kappa shape index (κ2) is 6.31. The molecular weight excluding hydrogens is 248 g/mol. The second-order valence-corrected chi connectivity index (χ2v) is 4.06. The third kappa shape index (κ3) is 3.52. The Morgan fingerprint density at radius 3 is 2.89 bits per heavy atom. The van der Waals surface area contributed by atoms with E-state index in [4.69, 9.17) is 14.0 Å². The molecule has 0 fully saturated rings. The van der Waals surface area contributed by atoms with Crippen LogP contribution in [0.5, 0.6) is 5.75 Å². The van der Waals surface area contributed by atoms with Gasteiger partial charge in [0.1, 0.15) is 30.4 Å². The topological polar surface area (TPSA) is 77.6 Å². The lowest BCUT2D eigenvalue weighted by atomic mass is 10.3. The zero-order valence-corrected chi connectivity index (χ0v) is 10.9. The van der Waals surface area contributed by atoms with Crippen molar-refractivity contribution in [3.63, 3.8) is 0 Å². The zero-order valence-electron chi connectivity index (χ0n) is 10.9. The molecule has 2 rings (SSSR count). The number of hydrogen-bond acceptors (Lipinski definition) is 6. The second-order valence-electron chi connectivity index (χ2n) is 4.06. The molecule has 0 aliphatic heterocycles. The Bertz CT molecular complexity index is 539. The van der Waals surface area contributed by atoms with Gasteiger partial charge in [-0.25, -0.2) is 0 Å². The first-order valence-corrected chi connectivity index (χ1v) is 5.86. The van der Waals surface area contributed by atoms with Crippen molar-refractivity contribution in [2.75, 3.05) is 7.11 Å². The van der Waals surface area contributed by atoms with Crippen LogP contribution in [0.25, 0.3) is 0 Å². The number of aliphatic hydroxyl groups is 1. The molecule has 0 bridgehead atoms. The van der Waals surface area contributed by atoms with Crippen molar-refractivity contribution < 1.29 is 19.1 Å². The molecule has 1 N–H and O–H groups in total. The van der Waals surface area contributed by atoms with Crippen molar-refractivity contribution in [2.45, 2.75) is 26.7 Å². The summed E-state index contributed by atoms with van der Waals surface area (Å²) in [4.78, 5) is 4.20. The lowest BCUT2D eigenvalue weighted by molar-refractivity contribution is 0.155. The standard InChI is InChI=1S/C13H16N2O4/c1-9-3-4-13(12(6-16)14-9)18-7-10-5-11(8-17-2)19-15-10/h3-5,16H,6-8H2,1-2H3. The van der Waals surface area contributed by atoms with E-state index in [1.54, 1.807) is 19.2 Å². The molecule has 0 saturated heterocycles. The Kier molecular flexibility index (Phi) is 4.48. The number of aliphatic hydroxyl groups excluding tert-OH is 1. The van der Waals surface area contributed by atoms with Gasteiger partial charge in [0.25, 0.3) is 0 Å². The summed E-state index contributed by atoms with van der Waals surface area (Å²) in [5, 5.41) is 13.1. The van der Waals surface area contributed by atoms with Crippen LogP contribution < -0.4 is 4.74 Å². The highest BCUT2D eigenvalue weighted by atomic mass is 16.5. The van der Waals surface area contributed by atoms with Crippen LogP contribution in [0.1, 0.15) is 22.8 Å². The largest absolute Gasteiger partial charge is 0.485 e. The first-order chi connectivity index (χ1) is 9.22. The maximum absolute atomic E-state index is 9.22. The van der Waals surface area contributed by atoms with Crippen LogP contribution >= 0.6 is 0 Å². The summed E-state index contributed by atoms with van der Waals surface area (Å²) in [6.07, 6.45) is 0. The van der Waals surface area contributed by atoms with Gasteiger partial charge in [0, 0.05) is 18.9 Å². The van der Waals surface area contributed by atoms with Gasteiger partial charge in [-0.1, -0.05) is 5.16 Å². The summed E-state index contributed by atoms with van der Waals surface area (Å²) in [5.41, 5.74) is 2.01. The fraction of sp³-hybridized carbons (Fsp3) is 0.385. The molecule has 0 aromatic carbocycles. The Balaban J connectivity index is 2.01. The van der Waals surface area contributed by atoms with Gasteiger partial charge in [0.05, 0.1) is 6.61 Å². The number of nitrogens with zero attached hydrogens (tertiary/aromatic N) is 2. The number of aromatic nitrogens is 2. The summed E-state index contributed by atoms with van der Waals surface area (Å²) >= 11 is 0. The molecule has 102 valence electrons. The number of rotatable bonds is 6. The average Bonchev–Trinajstić information content (AvgIpc) is 2.85. The minimum atomic E-state index is -0.162. The molecule has 0 spiro atoms. The fourth-order valence-electron chi connectivity index (χ4n) is 1.63. The Labute approximate surface area is 111 Å². The molecular formula is C13H16N2O4. The third-order valence-corrected chi connectivity index (χ3v) is 2.49. The number of methoxy groups -OCH3 is 1. The highest BCUT2D eigenvalue weighted by Gasteiger charge is 2.08. The van der Waals surface area contributed by atoms with Gasteiger partial charge in [0.2, 0.25) is 0 Å². The van der Waals surface area contributed by atoms with Crippen LogP contribution in [0, 0.1) is 6.92 Å². The minimum absolute atomic E-state index is 0.162. The molecule has 2 aromatic heterocycles. The highest BCUT2D eigenvalue weighted by molar-refractivity contribution is 5.28. The molecule has 2 aromatic rings. The first-order valence-electron chi connectivity index (χ1n) is 5.86. The van der Waals surface area contributed by atoms with Crippen molar-refractivity contribution in [3.8, 4) is 5.75 Å². The summed E-state index contributed by atoms with van der Waals surface area (Å²) in [7, 11) is 1.59. The maximum Gasteiger partial charge on any atom is 0.162 e. The van der Waals surface area contributed by atoms with Crippen molar-refractivity contribution >= 4 is 0 Å². The molecule has 6 nitrogen and oxygen atoms in total. The maximum atomic E-state index is 9.22. The Morgan fingerprint density at radius 2 is 2.16 bits per heavy atom. The first kappa shape index (κ1) is 13.5. The summed E-state index contributed by atoms with van der Waals surface area (Å²) in [6.45, 7) is 2.33. The van der Waals surface area contributed by atoms with Gasteiger partial charge in [-0.15, -0.1) is 0 Å². The van der Waals surface area contributed by atoms with Crippen LogP contribution in [0.15, 0.2) is 22.7 Å².